The molecule has 0 spiro atoms. The maximum absolute atomic E-state index is 13.0. The van der Waals surface area contributed by atoms with Crippen LogP contribution in [-0.4, -0.2) is 35.9 Å². The Balaban J connectivity index is 2.12. The summed E-state index contributed by atoms with van der Waals surface area (Å²) in [4.78, 5) is 27.1. The van der Waals surface area contributed by atoms with Gasteiger partial charge in [-0.2, -0.15) is 0 Å². The van der Waals surface area contributed by atoms with Gasteiger partial charge in [0.15, 0.2) is 6.61 Å². The number of benzene rings is 2. The first-order valence-electron chi connectivity index (χ1n) is 9.77. The molecule has 0 heterocycles. The molecule has 0 aliphatic carbocycles. The number of carbonyl (C=O) groups is 2. The van der Waals surface area contributed by atoms with Crippen molar-refractivity contribution in [2.24, 2.45) is 5.92 Å². The molecule has 1 unspecified atom stereocenters. The highest BCUT2D eigenvalue weighted by Gasteiger charge is 2.26. The molecule has 0 radical (unpaired) electrons. The highest BCUT2D eigenvalue weighted by Crippen LogP contribution is 2.16. The molecule has 0 aliphatic rings. The molecule has 156 valence electrons. The lowest BCUT2D eigenvalue weighted by Gasteiger charge is -2.29. The maximum atomic E-state index is 13.0. The topological polar surface area (TPSA) is 58.6 Å². The molecule has 0 saturated carbocycles. The van der Waals surface area contributed by atoms with Gasteiger partial charge in [0, 0.05) is 18.1 Å². The Morgan fingerprint density at radius 3 is 2.41 bits per heavy atom. The predicted octanol–water partition coefficient (Wildman–Crippen LogP) is 4.22. The van der Waals surface area contributed by atoms with Crippen LogP contribution in [0.4, 0.5) is 0 Å². The van der Waals surface area contributed by atoms with Crippen molar-refractivity contribution in [1.29, 1.82) is 0 Å². The summed E-state index contributed by atoms with van der Waals surface area (Å²) < 4.78 is 5.61. The van der Waals surface area contributed by atoms with Crippen LogP contribution in [0, 0.1) is 12.8 Å². The summed E-state index contributed by atoms with van der Waals surface area (Å²) in [6, 6.07) is 14.1. The van der Waals surface area contributed by atoms with E-state index in [2.05, 4.69) is 5.32 Å². The molecule has 0 bridgehead atoms. The number of nitrogens with zero attached hydrogens (tertiary/aromatic N) is 1. The number of hydrogen-bond acceptors (Lipinski definition) is 3. The molecule has 2 amide bonds. The molecule has 2 aromatic carbocycles. The number of carbonyl (C=O) groups excluding carboxylic acids is 2. The first-order chi connectivity index (χ1) is 13.8. The standard InChI is InChI=1S/C23H29ClN2O3/c1-16(2)13-25-23(28)18(4)26(14-19-7-5-6-17(3)12-19)22(27)15-29-21-10-8-20(24)9-11-21/h5-12,16,18H,13-15H2,1-4H3,(H,25,28). The van der Waals surface area contributed by atoms with E-state index < -0.39 is 6.04 Å². The zero-order valence-electron chi connectivity index (χ0n) is 17.4. The lowest BCUT2D eigenvalue weighted by atomic mass is 10.1. The average Bonchev–Trinajstić information content (AvgIpc) is 2.69. The van der Waals surface area contributed by atoms with Gasteiger partial charge in [-0.1, -0.05) is 55.3 Å². The van der Waals surface area contributed by atoms with Gasteiger partial charge >= 0.3 is 0 Å². The largest absolute Gasteiger partial charge is 0.484 e. The van der Waals surface area contributed by atoms with Gasteiger partial charge in [0.1, 0.15) is 11.8 Å². The van der Waals surface area contributed by atoms with E-state index >= 15 is 0 Å². The smallest absolute Gasteiger partial charge is 0.261 e. The van der Waals surface area contributed by atoms with E-state index in [9.17, 15) is 9.59 Å². The number of rotatable bonds is 9. The van der Waals surface area contributed by atoms with Crippen LogP contribution in [0.2, 0.25) is 5.02 Å². The number of halogens is 1. The fraction of sp³-hybridized carbons (Fsp3) is 0.391. The second-order valence-corrected chi connectivity index (χ2v) is 8.00. The van der Waals surface area contributed by atoms with Gasteiger partial charge in [-0.3, -0.25) is 9.59 Å². The van der Waals surface area contributed by atoms with Crippen molar-refractivity contribution < 1.29 is 14.3 Å². The minimum absolute atomic E-state index is 0.157. The van der Waals surface area contributed by atoms with Gasteiger partial charge < -0.3 is 15.0 Å². The van der Waals surface area contributed by atoms with Crippen LogP contribution >= 0.6 is 11.6 Å². The summed E-state index contributed by atoms with van der Waals surface area (Å²) in [5.74, 6) is 0.454. The lowest BCUT2D eigenvalue weighted by Crippen LogP contribution is -2.49. The van der Waals surface area contributed by atoms with E-state index in [1.165, 1.54) is 0 Å². The van der Waals surface area contributed by atoms with E-state index in [0.717, 1.165) is 11.1 Å². The van der Waals surface area contributed by atoms with Crippen molar-refractivity contribution in [3.05, 3.63) is 64.7 Å². The monoisotopic (exact) mass is 416 g/mol. The first kappa shape index (κ1) is 22.8. The first-order valence-corrected chi connectivity index (χ1v) is 10.1. The lowest BCUT2D eigenvalue weighted by molar-refractivity contribution is -0.142. The molecular weight excluding hydrogens is 388 g/mol. The summed E-state index contributed by atoms with van der Waals surface area (Å²) in [7, 11) is 0. The van der Waals surface area contributed by atoms with Crippen LogP contribution in [0.3, 0.4) is 0 Å². The van der Waals surface area contributed by atoms with Crippen molar-refractivity contribution >= 4 is 23.4 Å². The van der Waals surface area contributed by atoms with Gasteiger partial charge in [0.05, 0.1) is 0 Å². The Morgan fingerprint density at radius 1 is 1.10 bits per heavy atom. The predicted molar refractivity (Wildman–Crippen MR) is 116 cm³/mol. The number of hydrogen-bond donors (Lipinski definition) is 1. The van der Waals surface area contributed by atoms with E-state index in [4.69, 9.17) is 16.3 Å². The van der Waals surface area contributed by atoms with Crippen molar-refractivity contribution in [2.75, 3.05) is 13.2 Å². The Hall–Kier alpha value is -2.53. The molecule has 1 N–H and O–H groups in total. The highest BCUT2D eigenvalue weighted by molar-refractivity contribution is 6.30. The highest BCUT2D eigenvalue weighted by atomic mass is 35.5. The van der Waals surface area contributed by atoms with E-state index in [1.807, 2.05) is 45.0 Å². The minimum atomic E-state index is -0.615. The molecule has 0 aromatic heterocycles. The van der Waals surface area contributed by atoms with Crippen molar-refractivity contribution in [3.63, 3.8) is 0 Å². The Morgan fingerprint density at radius 2 is 1.79 bits per heavy atom. The molecule has 0 aliphatic heterocycles. The zero-order chi connectivity index (χ0) is 21.4. The third-order valence-corrected chi connectivity index (χ3v) is 4.72. The summed E-state index contributed by atoms with van der Waals surface area (Å²) >= 11 is 5.88. The maximum Gasteiger partial charge on any atom is 0.261 e. The zero-order valence-corrected chi connectivity index (χ0v) is 18.2. The fourth-order valence-corrected chi connectivity index (χ4v) is 2.93. The second kappa shape index (κ2) is 10.9. The Labute approximate surface area is 178 Å². The van der Waals surface area contributed by atoms with Crippen molar-refractivity contribution in [1.82, 2.24) is 10.2 Å². The summed E-state index contributed by atoms with van der Waals surface area (Å²) in [5, 5.41) is 3.50. The number of aryl methyl sites for hydroxylation is 1. The average molecular weight is 417 g/mol. The SMILES string of the molecule is Cc1cccc(CN(C(=O)COc2ccc(Cl)cc2)C(C)C(=O)NCC(C)C)c1. The summed E-state index contributed by atoms with van der Waals surface area (Å²) in [5.41, 5.74) is 2.07. The quantitative estimate of drug-likeness (QED) is 0.665. The Bertz CT molecular complexity index is 821. The summed E-state index contributed by atoms with van der Waals surface area (Å²) in [6.45, 7) is 8.54. The fourth-order valence-electron chi connectivity index (χ4n) is 2.80. The molecule has 1 atom stereocenters. The molecule has 5 nitrogen and oxygen atoms in total. The molecule has 0 saturated heterocycles. The minimum Gasteiger partial charge on any atom is -0.484 e. The number of nitrogens with one attached hydrogen (secondary N) is 1. The van der Waals surface area contributed by atoms with Gasteiger partial charge in [0.2, 0.25) is 5.91 Å². The molecule has 6 heteroatoms. The van der Waals surface area contributed by atoms with E-state index in [1.54, 1.807) is 36.1 Å². The molecular formula is C23H29ClN2O3. The normalized spacial score (nSPS) is 11.8. The summed E-state index contributed by atoms with van der Waals surface area (Å²) in [6.07, 6.45) is 0. The van der Waals surface area contributed by atoms with Crippen LogP contribution in [-0.2, 0) is 16.1 Å². The Kier molecular flexibility index (Phi) is 8.52. The van der Waals surface area contributed by atoms with Crippen LogP contribution in [0.15, 0.2) is 48.5 Å². The van der Waals surface area contributed by atoms with Gasteiger partial charge in [-0.15, -0.1) is 0 Å². The molecule has 0 fully saturated rings. The van der Waals surface area contributed by atoms with Crippen LogP contribution in [0.25, 0.3) is 0 Å². The molecule has 29 heavy (non-hydrogen) atoms. The molecule has 2 rings (SSSR count). The second-order valence-electron chi connectivity index (χ2n) is 7.57. The van der Waals surface area contributed by atoms with Crippen LogP contribution < -0.4 is 10.1 Å². The van der Waals surface area contributed by atoms with Gasteiger partial charge in [-0.25, -0.2) is 0 Å². The van der Waals surface area contributed by atoms with Crippen LogP contribution in [0.1, 0.15) is 31.9 Å². The number of ether oxygens (including phenoxy) is 1. The molecule has 2 aromatic rings. The third-order valence-electron chi connectivity index (χ3n) is 4.46. The van der Waals surface area contributed by atoms with Gasteiger partial charge in [-0.05, 0) is 49.6 Å². The number of amides is 2. The van der Waals surface area contributed by atoms with Gasteiger partial charge in [0.25, 0.3) is 5.91 Å². The van der Waals surface area contributed by atoms with Crippen molar-refractivity contribution in [2.45, 2.75) is 40.3 Å². The van der Waals surface area contributed by atoms with E-state index in [0.29, 0.717) is 29.8 Å². The van der Waals surface area contributed by atoms with E-state index in [-0.39, 0.29) is 18.4 Å². The third kappa shape index (κ3) is 7.42. The van der Waals surface area contributed by atoms with Crippen molar-refractivity contribution in [3.8, 4) is 5.75 Å². The van der Waals surface area contributed by atoms with Crippen LogP contribution in [0.5, 0.6) is 5.75 Å².